The lowest BCUT2D eigenvalue weighted by Crippen LogP contribution is -2.50. The summed E-state index contributed by atoms with van der Waals surface area (Å²) in [5.41, 5.74) is 2.63. The zero-order valence-electron chi connectivity index (χ0n) is 15.8. The molecule has 0 aliphatic carbocycles. The molecule has 0 aromatic heterocycles. The molecular weight excluding hydrogens is 366 g/mol. The number of hydrogen-bond acceptors (Lipinski definition) is 5. The molecular formula is C19H25N3O6. The van der Waals surface area contributed by atoms with Gasteiger partial charge >= 0.3 is 5.97 Å². The van der Waals surface area contributed by atoms with Crippen LogP contribution in [0.25, 0.3) is 0 Å². The average molecular weight is 391 g/mol. The normalized spacial score (nSPS) is 19.8. The second-order valence-electron chi connectivity index (χ2n) is 7.31. The predicted octanol–water partition coefficient (Wildman–Crippen LogP) is 0.527. The Bertz CT molecular complexity index is 764. The summed E-state index contributed by atoms with van der Waals surface area (Å²) < 4.78 is 0. The number of amides is 3. The fourth-order valence-corrected chi connectivity index (χ4v) is 3.36. The van der Waals surface area contributed by atoms with Gasteiger partial charge in [0.15, 0.2) is 6.04 Å². The number of carboxylic acids is 1. The molecule has 3 atom stereocenters. The van der Waals surface area contributed by atoms with Crippen molar-refractivity contribution in [2.45, 2.75) is 45.2 Å². The van der Waals surface area contributed by atoms with E-state index in [1.807, 2.05) is 13.8 Å². The van der Waals surface area contributed by atoms with Crippen molar-refractivity contribution in [1.82, 2.24) is 16.1 Å². The third-order valence-electron chi connectivity index (χ3n) is 4.64. The van der Waals surface area contributed by atoms with Crippen LogP contribution in [0.4, 0.5) is 0 Å². The number of nitrogens with one attached hydrogen (secondary N) is 3. The summed E-state index contributed by atoms with van der Waals surface area (Å²) in [5, 5.41) is 23.3. The summed E-state index contributed by atoms with van der Waals surface area (Å²) in [5.74, 6) is -3.60. The van der Waals surface area contributed by atoms with Crippen molar-refractivity contribution in [2.24, 2.45) is 11.8 Å². The van der Waals surface area contributed by atoms with E-state index in [9.17, 15) is 24.3 Å². The van der Waals surface area contributed by atoms with Crippen LogP contribution in [0.1, 0.15) is 43.9 Å². The highest BCUT2D eigenvalue weighted by Gasteiger charge is 2.35. The van der Waals surface area contributed by atoms with Crippen LogP contribution in [0.2, 0.25) is 0 Å². The van der Waals surface area contributed by atoms with Crippen molar-refractivity contribution in [3.63, 3.8) is 0 Å². The second kappa shape index (κ2) is 9.32. The van der Waals surface area contributed by atoms with Crippen LogP contribution in [0.3, 0.4) is 0 Å². The minimum absolute atomic E-state index is 0.113. The van der Waals surface area contributed by atoms with Crippen molar-refractivity contribution in [3.8, 4) is 0 Å². The van der Waals surface area contributed by atoms with Gasteiger partial charge in [-0.05, 0) is 23.5 Å². The van der Waals surface area contributed by atoms with Gasteiger partial charge in [0.05, 0.1) is 0 Å². The molecule has 28 heavy (non-hydrogen) atoms. The van der Waals surface area contributed by atoms with E-state index in [1.165, 1.54) is 5.48 Å². The summed E-state index contributed by atoms with van der Waals surface area (Å²) in [6, 6.07) is 4.61. The Morgan fingerprint density at radius 2 is 1.93 bits per heavy atom. The van der Waals surface area contributed by atoms with Crippen molar-refractivity contribution < 1.29 is 29.5 Å². The van der Waals surface area contributed by atoms with Crippen molar-refractivity contribution in [1.29, 1.82) is 0 Å². The summed E-state index contributed by atoms with van der Waals surface area (Å²) in [4.78, 5) is 48.3. The molecule has 0 saturated heterocycles. The molecule has 0 spiro atoms. The first-order valence-electron chi connectivity index (χ1n) is 9.07. The van der Waals surface area contributed by atoms with E-state index >= 15 is 0 Å². The van der Waals surface area contributed by atoms with Gasteiger partial charge < -0.3 is 15.7 Å². The van der Waals surface area contributed by atoms with Crippen molar-refractivity contribution in [3.05, 3.63) is 35.4 Å². The number of carboxylic acid groups (broad SMARTS) is 1. The molecule has 1 aromatic carbocycles. The minimum atomic E-state index is -1.20. The van der Waals surface area contributed by atoms with Crippen LogP contribution < -0.4 is 16.1 Å². The first kappa shape index (κ1) is 21.4. The predicted molar refractivity (Wildman–Crippen MR) is 98.1 cm³/mol. The average Bonchev–Trinajstić information content (AvgIpc) is 2.77. The van der Waals surface area contributed by atoms with E-state index in [2.05, 4.69) is 10.6 Å². The molecule has 1 aliphatic heterocycles. The molecule has 3 amide bonds. The largest absolute Gasteiger partial charge is 0.479 e. The molecule has 0 unspecified atom stereocenters. The number of rotatable bonds is 7. The maximum Gasteiger partial charge on any atom is 0.330 e. The zero-order chi connectivity index (χ0) is 20.8. The van der Waals surface area contributed by atoms with Crippen LogP contribution in [0.5, 0.6) is 0 Å². The Morgan fingerprint density at radius 1 is 1.25 bits per heavy atom. The van der Waals surface area contributed by atoms with Crippen molar-refractivity contribution in [2.75, 3.05) is 0 Å². The van der Waals surface area contributed by atoms with Crippen molar-refractivity contribution >= 4 is 23.7 Å². The Hall–Kier alpha value is -2.94. The van der Waals surface area contributed by atoms with E-state index < -0.39 is 41.7 Å². The van der Waals surface area contributed by atoms with E-state index in [0.29, 0.717) is 17.5 Å². The first-order valence-corrected chi connectivity index (χ1v) is 9.07. The lowest BCUT2D eigenvalue weighted by Gasteiger charge is -2.22. The molecule has 1 heterocycles. The number of hydroxylamine groups is 1. The second-order valence-corrected chi connectivity index (χ2v) is 7.31. The van der Waals surface area contributed by atoms with Gasteiger partial charge in [-0.15, -0.1) is 0 Å². The van der Waals surface area contributed by atoms with Gasteiger partial charge in [-0.2, -0.15) is 0 Å². The molecule has 0 fully saturated rings. The van der Waals surface area contributed by atoms with Gasteiger partial charge in [0.2, 0.25) is 17.7 Å². The number of hydrogen-bond donors (Lipinski definition) is 5. The molecule has 0 saturated carbocycles. The third-order valence-corrected chi connectivity index (χ3v) is 4.64. The van der Waals surface area contributed by atoms with Gasteiger partial charge in [0.1, 0.15) is 6.04 Å². The summed E-state index contributed by atoms with van der Waals surface area (Å²) in [6.07, 6.45) is 0.309. The highest BCUT2D eigenvalue weighted by atomic mass is 16.5. The van der Waals surface area contributed by atoms with E-state index in [4.69, 9.17) is 5.21 Å². The first-order chi connectivity index (χ1) is 13.2. The fraction of sp³-hybridized carbons (Fsp3) is 0.474. The molecule has 0 radical (unpaired) electrons. The number of aliphatic carboxylic acids is 1. The molecule has 9 nitrogen and oxygen atoms in total. The topological polar surface area (TPSA) is 145 Å². The summed E-state index contributed by atoms with van der Waals surface area (Å²) in [7, 11) is 0. The number of benzene rings is 1. The van der Waals surface area contributed by atoms with Gasteiger partial charge in [0, 0.05) is 18.8 Å². The lowest BCUT2D eigenvalue weighted by molar-refractivity contribution is -0.142. The molecule has 2 rings (SSSR count). The van der Waals surface area contributed by atoms with Gasteiger partial charge in [0.25, 0.3) is 0 Å². The molecule has 0 bridgehead atoms. The van der Waals surface area contributed by atoms with Crippen LogP contribution in [-0.2, 0) is 25.6 Å². The van der Waals surface area contributed by atoms with Crippen LogP contribution >= 0.6 is 0 Å². The summed E-state index contributed by atoms with van der Waals surface area (Å²) in [6.45, 7) is 3.78. The van der Waals surface area contributed by atoms with Crippen LogP contribution in [-0.4, -0.2) is 40.0 Å². The molecule has 9 heteroatoms. The van der Waals surface area contributed by atoms with Gasteiger partial charge in [-0.25, -0.2) is 10.3 Å². The molecule has 1 aromatic rings. The molecule has 5 N–H and O–H groups in total. The maximum absolute atomic E-state index is 12.7. The number of carbonyl (C=O) groups is 4. The lowest BCUT2D eigenvalue weighted by atomic mass is 9.92. The SMILES string of the molecule is CC(C)C[C@@H](CC(=O)NO)C(=O)N[C@@H]1Cc2ccccc2[C@@H](C(=O)O)NC1=O. The van der Waals surface area contributed by atoms with E-state index in [-0.39, 0.29) is 18.8 Å². The molecule has 152 valence electrons. The van der Waals surface area contributed by atoms with Crippen LogP contribution in [0.15, 0.2) is 24.3 Å². The Labute approximate surface area is 162 Å². The van der Waals surface area contributed by atoms with Crippen LogP contribution in [0, 0.1) is 11.8 Å². The smallest absolute Gasteiger partial charge is 0.330 e. The van der Waals surface area contributed by atoms with Gasteiger partial charge in [-0.3, -0.25) is 19.6 Å². The van der Waals surface area contributed by atoms with Gasteiger partial charge in [-0.1, -0.05) is 38.1 Å². The van der Waals surface area contributed by atoms with E-state index in [1.54, 1.807) is 24.3 Å². The van der Waals surface area contributed by atoms with E-state index in [0.717, 1.165) is 0 Å². The third kappa shape index (κ3) is 5.29. The summed E-state index contributed by atoms with van der Waals surface area (Å²) >= 11 is 0. The Kier molecular flexibility index (Phi) is 7.11. The highest BCUT2D eigenvalue weighted by Crippen LogP contribution is 2.24. The fourth-order valence-electron chi connectivity index (χ4n) is 3.36. The standard InChI is InChI=1S/C19H25N3O6/c1-10(2)7-12(9-15(23)22-28)17(24)20-14-8-11-5-3-4-6-13(11)16(19(26)27)21-18(14)25/h3-6,10,12,14,16,28H,7-9H2,1-2H3,(H,20,24)(H,21,25)(H,22,23)(H,26,27)/t12-,14+,16-/m0/s1. The number of fused-ring (bicyclic) bond motifs is 1. The number of carbonyl (C=O) groups excluding carboxylic acids is 3. The Morgan fingerprint density at radius 3 is 2.54 bits per heavy atom. The monoisotopic (exact) mass is 391 g/mol. The zero-order valence-corrected chi connectivity index (χ0v) is 15.8. The Balaban J connectivity index is 2.22. The molecule has 1 aliphatic rings. The highest BCUT2D eigenvalue weighted by molar-refractivity contribution is 5.93. The maximum atomic E-state index is 12.7. The quantitative estimate of drug-likeness (QED) is 0.339. The minimum Gasteiger partial charge on any atom is -0.479 e.